The molecule has 1 aromatic carbocycles. The van der Waals surface area contributed by atoms with Gasteiger partial charge in [0.2, 0.25) is 0 Å². The summed E-state index contributed by atoms with van der Waals surface area (Å²) in [6.07, 6.45) is -0.516. The van der Waals surface area contributed by atoms with E-state index < -0.39 is 6.43 Å². The average molecular weight is 199 g/mol. The van der Waals surface area contributed by atoms with Crippen molar-refractivity contribution in [2.45, 2.75) is 32.2 Å². The van der Waals surface area contributed by atoms with Crippen molar-refractivity contribution < 1.29 is 8.78 Å². The summed E-state index contributed by atoms with van der Waals surface area (Å²) in [7, 11) is 0. The third kappa shape index (κ3) is 2.77. The zero-order valence-corrected chi connectivity index (χ0v) is 8.21. The molecule has 3 heteroatoms. The fourth-order valence-corrected chi connectivity index (χ4v) is 1.37. The Bertz CT molecular complexity index is 269. The molecular weight excluding hydrogens is 184 g/mol. The summed E-state index contributed by atoms with van der Waals surface area (Å²) in [5.74, 6) is 0. The molecule has 78 valence electrons. The Morgan fingerprint density at radius 3 is 2.07 bits per heavy atom. The second-order valence-electron chi connectivity index (χ2n) is 3.36. The van der Waals surface area contributed by atoms with E-state index in [9.17, 15) is 8.78 Å². The highest BCUT2D eigenvalue weighted by atomic mass is 19.3. The second-order valence-corrected chi connectivity index (χ2v) is 3.36. The molecule has 14 heavy (non-hydrogen) atoms. The summed E-state index contributed by atoms with van der Waals surface area (Å²) in [4.78, 5) is 0. The summed E-state index contributed by atoms with van der Waals surface area (Å²) >= 11 is 0. The van der Waals surface area contributed by atoms with Crippen LogP contribution in [0.3, 0.4) is 0 Å². The third-order valence-electron chi connectivity index (χ3n) is 2.22. The van der Waals surface area contributed by atoms with Gasteiger partial charge in [-0.05, 0) is 12.0 Å². The van der Waals surface area contributed by atoms with Crippen LogP contribution in [0.4, 0.5) is 8.78 Å². The van der Waals surface area contributed by atoms with E-state index in [1.807, 2.05) is 6.92 Å². The van der Waals surface area contributed by atoms with Crippen LogP contribution < -0.4 is 5.73 Å². The molecule has 0 saturated heterocycles. The van der Waals surface area contributed by atoms with Gasteiger partial charge in [-0.2, -0.15) is 0 Å². The molecule has 1 aromatic rings. The summed E-state index contributed by atoms with van der Waals surface area (Å²) < 4.78 is 24.4. The third-order valence-corrected chi connectivity index (χ3v) is 2.22. The van der Waals surface area contributed by atoms with E-state index in [2.05, 4.69) is 0 Å². The fourth-order valence-electron chi connectivity index (χ4n) is 1.37. The van der Waals surface area contributed by atoms with E-state index in [1.165, 1.54) is 12.1 Å². The van der Waals surface area contributed by atoms with Crippen molar-refractivity contribution in [1.29, 1.82) is 0 Å². The van der Waals surface area contributed by atoms with Gasteiger partial charge < -0.3 is 5.73 Å². The molecule has 0 aliphatic carbocycles. The Hall–Kier alpha value is -0.960. The number of halogens is 2. The maximum atomic E-state index is 12.2. The van der Waals surface area contributed by atoms with Gasteiger partial charge in [-0.3, -0.25) is 0 Å². The Kier molecular flexibility index (Phi) is 4.01. The van der Waals surface area contributed by atoms with Crippen molar-refractivity contribution in [2.75, 3.05) is 0 Å². The highest BCUT2D eigenvalue weighted by Gasteiger charge is 2.08. The predicted molar refractivity (Wildman–Crippen MR) is 53.2 cm³/mol. The smallest absolute Gasteiger partial charge is 0.263 e. The molecule has 0 saturated carbocycles. The van der Waals surface area contributed by atoms with Gasteiger partial charge in [0, 0.05) is 11.6 Å². The zero-order chi connectivity index (χ0) is 10.6. The zero-order valence-electron chi connectivity index (χ0n) is 8.21. The Morgan fingerprint density at radius 2 is 1.64 bits per heavy atom. The number of benzene rings is 1. The molecule has 1 atom stereocenters. The lowest BCUT2D eigenvalue weighted by Gasteiger charge is -2.10. The standard InChI is InChI=1S/C11H15F2N/c1-2-3-10(14)8-4-6-9(7-5-8)11(12)13/h4-7,10-11H,2-3,14H2,1H3. The lowest BCUT2D eigenvalue weighted by atomic mass is 10.0. The molecule has 1 unspecified atom stereocenters. The second kappa shape index (κ2) is 5.05. The molecule has 0 fully saturated rings. The first kappa shape index (κ1) is 11.1. The molecule has 0 amide bonds. The summed E-state index contributed by atoms with van der Waals surface area (Å²) in [5.41, 5.74) is 6.82. The summed E-state index contributed by atoms with van der Waals surface area (Å²) in [6.45, 7) is 2.05. The first-order valence-electron chi connectivity index (χ1n) is 4.78. The molecular formula is C11H15F2N. The van der Waals surface area contributed by atoms with Gasteiger partial charge >= 0.3 is 0 Å². The van der Waals surface area contributed by atoms with E-state index in [0.29, 0.717) is 0 Å². The van der Waals surface area contributed by atoms with Crippen LogP contribution in [0.15, 0.2) is 24.3 Å². The number of hydrogen-bond donors (Lipinski definition) is 1. The highest BCUT2D eigenvalue weighted by molar-refractivity contribution is 5.25. The minimum atomic E-state index is -2.40. The minimum absolute atomic E-state index is 0.0354. The highest BCUT2D eigenvalue weighted by Crippen LogP contribution is 2.21. The molecule has 0 spiro atoms. The molecule has 1 nitrogen and oxygen atoms in total. The lowest BCUT2D eigenvalue weighted by Crippen LogP contribution is -2.09. The Balaban J connectivity index is 2.72. The van der Waals surface area contributed by atoms with Crippen molar-refractivity contribution in [3.05, 3.63) is 35.4 Å². The fraction of sp³-hybridized carbons (Fsp3) is 0.455. The van der Waals surface area contributed by atoms with Gasteiger partial charge in [0.1, 0.15) is 0 Å². The maximum absolute atomic E-state index is 12.2. The van der Waals surface area contributed by atoms with E-state index in [1.54, 1.807) is 12.1 Å². The van der Waals surface area contributed by atoms with Crippen molar-refractivity contribution in [2.24, 2.45) is 5.73 Å². The van der Waals surface area contributed by atoms with E-state index >= 15 is 0 Å². The topological polar surface area (TPSA) is 26.0 Å². The van der Waals surface area contributed by atoms with Crippen LogP contribution in [0.25, 0.3) is 0 Å². The molecule has 0 aromatic heterocycles. The summed E-state index contributed by atoms with van der Waals surface area (Å²) in [6, 6.07) is 6.21. The van der Waals surface area contributed by atoms with Crippen molar-refractivity contribution in [1.82, 2.24) is 0 Å². The maximum Gasteiger partial charge on any atom is 0.263 e. The first-order chi connectivity index (χ1) is 6.65. The lowest BCUT2D eigenvalue weighted by molar-refractivity contribution is 0.151. The molecule has 0 aliphatic rings. The largest absolute Gasteiger partial charge is 0.324 e. The van der Waals surface area contributed by atoms with Crippen molar-refractivity contribution in [3.8, 4) is 0 Å². The van der Waals surface area contributed by atoms with Crippen LogP contribution >= 0.6 is 0 Å². The number of nitrogens with two attached hydrogens (primary N) is 1. The average Bonchev–Trinajstić information content (AvgIpc) is 2.18. The molecule has 0 aliphatic heterocycles. The number of hydrogen-bond acceptors (Lipinski definition) is 1. The number of alkyl halides is 2. The van der Waals surface area contributed by atoms with E-state index in [0.717, 1.165) is 18.4 Å². The quantitative estimate of drug-likeness (QED) is 0.789. The van der Waals surface area contributed by atoms with Crippen molar-refractivity contribution in [3.63, 3.8) is 0 Å². The molecule has 1 rings (SSSR count). The van der Waals surface area contributed by atoms with Gasteiger partial charge in [0.25, 0.3) is 6.43 Å². The minimum Gasteiger partial charge on any atom is -0.324 e. The van der Waals surface area contributed by atoms with Crippen LogP contribution in [0.1, 0.15) is 43.4 Å². The predicted octanol–water partition coefficient (Wildman–Crippen LogP) is 3.42. The van der Waals surface area contributed by atoms with Crippen LogP contribution in [0.2, 0.25) is 0 Å². The molecule has 0 heterocycles. The van der Waals surface area contributed by atoms with Crippen LogP contribution in [-0.4, -0.2) is 0 Å². The van der Waals surface area contributed by atoms with Crippen LogP contribution in [-0.2, 0) is 0 Å². The van der Waals surface area contributed by atoms with Crippen molar-refractivity contribution >= 4 is 0 Å². The number of rotatable bonds is 4. The molecule has 2 N–H and O–H groups in total. The normalized spacial score (nSPS) is 13.2. The first-order valence-corrected chi connectivity index (χ1v) is 4.78. The van der Waals surface area contributed by atoms with E-state index in [4.69, 9.17) is 5.73 Å². The van der Waals surface area contributed by atoms with Gasteiger partial charge in [-0.25, -0.2) is 8.78 Å². The Labute approximate surface area is 82.9 Å². The molecule has 0 radical (unpaired) electrons. The molecule has 0 bridgehead atoms. The monoisotopic (exact) mass is 199 g/mol. The van der Waals surface area contributed by atoms with E-state index in [-0.39, 0.29) is 11.6 Å². The van der Waals surface area contributed by atoms with Crippen LogP contribution in [0.5, 0.6) is 0 Å². The summed E-state index contributed by atoms with van der Waals surface area (Å²) in [5, 5.41) is 0. The van der Waals surface area contributed by atoms with Crippen LogP contribution in [0, 0.1) is 0 Å². The SMILES string of the molecule is CCCC(N)c1ccc(C(F)F)cc1. The van der Waals surface area contributed by atoms with Gasteiger partial charge in [0.15, 0.2) is 0 Å². The van der Waals surface area contributed by atoms with Gasteiger partial charge in [-0.1, -0.05) is 37.6 Å². The van der Waals surface area contributed by atoms with Gasteiger partial charge in [0.05, 0.1) is 0 Å². The Morgan fingerprint density at radius 1 is 1.14 bits per heavy atom. The van der Waals surface area contributed by atoms with Gasteiger partial charge in [-0.15, -0.1) is 0 Å².